The molecule has 3 unspecified atom stereocenters. The number of ether oxygens (including phenoxy) is 1. The number of aromatic nitrogens is 1. The number of benzene rings is 1. The van der Waals surface area contributed by atoms with Crippen LogP contribution in [0.4, 0.5) is 0 Å². The van der Waals surface area contributed by atoms with Gasteiger partial charge in [0.1, 0.15) is 5.75 Å². The Morgan fingerprint density at radius 3 is 2.78 bits per heavy atom. The van der Waals surface area contributed by atoms with Crippen LogP contribution in [0, 0.1) is 11.8 Å². The highest BCUT2D eigenvalue weighted by Crippen LogP contribution is 2.35. The van der Waals surface area contributed by atoms with E-state index in [9.17, 15) is 9.59 Å². The summed E-state index contributed by atoms with van der Waals surface area (Å²) in [5, 5.41) is 2.83. The van der Waals surface area contributed by atoms with Crippen LogP contribution in [0.25, 0.3) is 15.8 Å². The van der Waals surface area contributed by atoms with Gasteiger partial charge in [-0.15, -0.1) is 11.3 Å². The summed E-state index contributed by atoms with van der Waals surface area (Å²) in [4.78, 5) is 32.2. The first-order chi connectivity index (χ1) is 17.4. The first kappa shape index (κ1) is 24.5. The number of nitrogens with zero attached hydrogens (tertiary/aromatic N) is 3. The van der Waals surface area contributed by atoms with Gasteiger partial charge in [-0.1, -0.05) is 25.2 Å². The minimum Gasteiger partial charge on any atom is -0.474 e. The van der Waals surface area contributed by atoms with E-state index in [1.807, 2.05) is 16.5 Å². The smallest absolute Gasteiger partial charge is 0.220 e. The molecule has 1 aliphatic carbocycles. The molecule has 0 saturated carbocycles. The lowest BCUT2D eigenvalue weighted by atomic mass is 9.96. The number of allylic oxidation sites excluding steroid dienone is 5. The molecule has 2 amide bonds. The van der Waals surface area contributed by atoms with Crippen LogP contribution in [0.5, 0.6) is 5.75 Å². The summed E-state index contributed by atoms with van der Waals surface area (Å²) in [6.45, 7) is 7.57. The van der Waals surface area contributed by atoms with E-state index in [1.54, 1.807) is 6.92 Å². The monoisotopic (exact) mass is 507 g/mol. The minimum atomic E-state index is -0.574. The fourth-order valence-electron chi connectivity index (χ4n) is 4.97. The van der Waals surface area contributed by atoms with Crippen molar-refractivity contribution in [3.63, 3.8) is 0 Å². The molecule has 3 heterocycles. The molecule has 1 aromatic carbocycles. The molecule has 190 valence electrons. The van der Waals surface area contributed by atoms with Gasteiger partial charge in [0.25, 0.3) is 0 Å². The standard InChI is InChI=1S/C27H33N5O3S/c1-17-3-4-19(5-6-22(11-17)32-9-7-31(8-10-32)18(2)33)20-12-23-26(36-16-30-23)24(13-20)35-27(28)21-14-25(34)29-15-21/h4-6,11-13,16-17,21,27H,3,7-10,14-15,28H2,1-2H3,(H,29,34). The summed E-state index contributed by atoms with van der Waals surface area (Å²) in [6.07, 6.45) is 9.64. The largest absolute Gasteiger partial charge is 0.474 e. The Bertz CT molecular complexity index is 1240. The van der Waals surface area contributed by atoms with E-state index in [4.69, 9.17) is 10.5 Å². The van der Waals surface area contributed by atoms with Crippen molar-refractivity contribution in [1.29, 1.82) is 0 Å². The zero-order chi connectivity index (χ0) is 25.2. The van der Waals surface area contributed by atoms with Gasteiger partial charge in [-0.05, 0) is 41.7 Å². The van der Waals surface area contributed by atoms with E-state index in [2.05, 4.69) is 52.5 Å². The van der Waals surface area contributed by atoms with Gasteiger partial charge in [-0.25, -0.2) is 4.98 Å². The molecular weight excluding hydrogens is 474 g/mol. The van der Waals surface area contributed by atoms with Gasteiger partial charge in [0, 0.05) is 57.7 Å². The van der Waals surface area contributed by atoms with Crippen molar-refractivity contribution in [3.8, 4) is 5.75 Å². The normalized spacial score (nSPS) is 23.6. The third kappa shape index (κ3) is 5.32. The van der Waals surface area contributed by atoms with Crippen LogP contribution in [0.2, 0.25) is 0 Å². The number of carbonyl (C=O) groups excluding carboxylic acids is 2. The number of hydrogen-bond acceptors (Lipinski definition) is 7. The quantitative estimate of drug-likeness (QED) is 0.603. The van der Waals surface area contributed by atoms with Crippen molar-refractivity contribution in [2.75, 3.05) is 32.7 Å². The SMILES string of the molecule is CC(=O)N1CCN(C2=CC(C)CC=C(c3cc(OC(N)C4CNC(=O)C4)c4scnc4c3)C=C2)CC1. The lowest BCUT2D eigenvalue weighted by Gasteiger charge is -2.36. The highest BCUT2D eigenvalue weighted by Gasteiger charge is 2.29. The molecule has 5 rings (SSSR count). The van der Waals surface area contributed by atoms with Crippen LogP contribution in [0.1, 0.15) is 32.3 Å². The molecule has 0 radical (unpaired) electrons. The lowest BCUT2D eigenvalue weighted by Crippen LogP contribution is -2.47. The molecule has 3 N–H and O–H groups in total. The number of fused-ring (bicyclic) bond motifs is 1. The van der Waals surface area contributed by atoms with Gasteiger partial charge < -0.3 is 19.9 Å². The van der Waals surface area contributed by atoms with E-state index in [1.165, 1.54) is 17.0 Å². The summed E-state index contributed by atoms with van der Waals surface area (Å²) in [5.74, 6) is 1.19. The Balaban J connectivity index is 1.39. The maximum atomic E-state index is 11.7. The maximum absolute atomic E-state index is 11.7. The zero-order valence-corrected chi connectivity index (χ0v) is 21.6. The van der Waals surface area contributed by atoms with Gasteiger partial charge in [0.15, 0.2) is 6.23 Å². The average Bonchev–Trinajstić information content (AvgIpc) is 3.51. The van der Waals surface area contributed by atoms with E-state index >= 15 is 0 Å². The molecule has 2 aliphatic heterocycles. The molecular formula is C27H33N5O3S. The number of hydrogen-bond donors (Lipinski definition) is 2. The second-order valence-corrected chi connectivity index (χ2v) is 10.7. The number of thiazole rings is 1. The number of nitrogens with one attached hydrogen (secondary N) is 1. The predicted octanol–water partition coefficient (Wildman–Crippen LogP) is 3.12. The van der Waals surface area contributed by atoms with E-state index in [-0.39, 0.29) is 17.7 Å². The van der Waals surface area contributed by atoms with Crippen LogP contribution < -0.4 is 15.8 Å². The lowest BCUT2D eigenvalue weighted by molar-refractivity contribution is -0.130. The molecule has 2 saturated heterocycles. The van der Waals surface area contributed by atoms with Crippen molar-refractivity contribution in [2.45, 2.75) is 32.9 Å². The molecule has 3 aliphatic rings. The van der Waals surface area contributed by atoms with E-state index in [0.29, 0.717) is 24.6 Å². The van der Waals surface area contributed by atoms with Crippen molar-refractivity contribution in [2.24, 2.45) is 17.6 Å². The third-order valence-corrected chi connectivity index (χ3v) is 8.01. The Morgan fingerprint density at radius 1 is 1.25 bits per heavy atom. The Labute approximate surface area is 215 Å². The molecule has 0 spiro atoms. The second kappa shape index (κ2) is 10.4. The number of piperazine rings is 1. The van der Waals surface area contributed by atoms with Crippen molar-refractivity contribution >= 4 is 38.9 Å². The predicted molar refractivity (Wildman–Crippen MR) is 142 cm³/mol. The fourth-order valence-corrected chi connectivity index (χ4v) is 5.70. The van der Waals surface area contributed by atoms with E-state index < -0.39 is 6.23 Å². The molecule has 2 fully saturated rings. The van der Waals surface area contributed by atoms with Crippen molar-refractivity contribution in [1.82, 2.24) is 20.1 Å². The van der Waals surface area contributed by atoms with Gasteiger partial charge in [0.2, 0.25) is 11.8 Å². The fraction of sp³-hybridized carbons (Fsp3) is 0.444. The number of amides is 2. The van der Waals surface area contributed by atoms with Gasteiger partial charge in [0.05, 0.1) is 15.7 Å². The van der Waals surface area contributed by atoms with Crippen molar-refractivity contribution < 1.29 is 14.3 Å². The topological polar surface area (TPSA) is 101 Å². The van der Waals surface area contributed by atoms with Crippen LogP contribution in [0.3, 0.4) is 0 Å². The zero-order valence-electron chi connectivity index (χ0n) is 20.8. The molecule has 36 heavy (non-hydrogen) atoms. The molecule has 2 aromatic rings. The summed E-state index contributed by atoms with van der Waals surface area (Å²) in [6, 6.07) is 4.14. The first-order valence-electron chi connectivity index (χ1n) is 12.5. The van der Waals surface area contributed by atoms with Gasteiger partial charge >= 0.3 is 0 Å². The summed E-state index contributed by atoms with van der Waals surface area (Å²) < 4.78 is 7.18. The Morgan fingerprint density at radius 2 is 2.06 bits per heavy atom. The number of nitrogens with two attached hydrogens (primary N) is 1. The highest BCUT2D eigenvalue weighted by molar-refractivity contribution is 7.17. The summed E-state index contributed by atoms with van der Waals surface area (Å²) in [7, 11) is 0. The molecule has 3 atom stereocenters. The second-order valence-electron chi connectivity index (χ2n) is 9.82. The highest BCUT2D eigenvalue weighted by atomic mass is 32.1. The van der Waals surface area contributed by atoms with E-state index in [0.717, 1.165) is 54.0 Å². The van der Waals surface area contributed by atoms with Gasteiger partial charge in [-0.3, -0.25) is 15.3 Å². The summed E-state index contributed by atoms with van der Waals surface area (Å²) in [5.41, 5.74) is 12.4. The molecule has 0 bridgehead atoms. The minimum absolute atomic E-state index is 0.0150. The number of carbonyl (C=O) groups is 2. The summed E-state index contributed by atoms with van der Waals surface area (Å²) >= 11 is 1.53. The van der Waals surface area contributed by atoms with Gasteiger partial charge in [-0.2, -0.15) is 0 Å². The van der Waals surface area contributed by atoms with Crippen molar-refractivity contribution in [3.05, 3.63) is 53.2 Å². The van der Waals surface area contributed by atoms with Crippen LogP contribution >= 0.6 is 11.3 Å². The Kier molecular flexibility index (Phi) is 7.11. The average molecular weight is 508 g/mol. The van der Waals surface area contributed by atoms with Crippen LogP contribution in [-0.4, -0.2) is 65.5 Å². The van der Waals surface area contributed by atoms with Crippen LogP contribution in [-0.2, 0) is 9.59 Å². The third-order valence-electron chi connectivity index (χ3n) is 7.16. The van der Waals surface area contributed by atoms with Crippen LogP contribution in [0.15, 0.2) is 47.6 Å². The number of rotatable bonds is 5. The maximum Gasteiger partial charge on any atom is 0.220 e. The molecule has 9 heteroatoms. The molecule has 8 nitrogen and oxygen atoms in total. The Hall–Kier alpha value is -3.17. The molecule has 1 aromatic heterocycles. The first-order valence-corrected chi connectivity index (χ1v) is 13.4.